The Balaban J connectivity index is 1.73. The van der Waals surface area contributed by atoms with Crippen molar-refractivity contribution in [2.75, 3.05) is 0 Å². The van der Waals surface area contributed by atoms with Gasteiger partial charge in [-0.15, -0.1) is 13.0 Å². The highest BCUT2D eigenvalue weighted by Gasteiger charge is 2.63. The molecule has 130 valence electrons. The first-order valence-electron chi connectivity index (χ1n) is 9.65. The number of hydrogen-bond donors (Lipinski definition) is 2. The van der Waals surface area contributed by atoms with Crippen molar-refractivity contribution in [3.05, 3.63) is 24.3 Å². The molecule has 4 aliphatic rings. The van der Waals surface area contributed by atoms with Gasteiger partial charge in [0.05, 0.1) is 6.10 Å². The molecule has 0 amide bonds. The van der Waals surface area contributed by atoms with Crippen molar-refractivity contribution in [3.63, 3.8) is 0 Å². The third-order valence-corrected chi connectivity index (χ3v) is 8.17. The normalized spacial score (nSPS) is 53.2. The van der Waals surface area contributed by atoms with E-state index in [0.29, 0.717) is 29.6 Å². The molecule has 0 radical (unpaired) electrons. The molecule has 2 heteroatoms. The van der Waals surface area contributed by atoms with E-state index in [0.717, 1.165) is 38.5 Å². The van der Waals surface area contributed by atoms with Gasteiger partial charge in [0.25, 0.3) is 0 Å². The van der Waals surface area contributed by atoms with Crippen LogP contribution in [0.4, 0.5) is 0 Å². The van der Waals surface area contributed by atoms with E-state index in [1.807, 2.05) is 0 Å². The fourth-order valence-corrected chi connectivity index (χ4v) is 6.99. The predicted molar refractivity (Wildman–Crippen MR) is 95.9 cm³/mol. The van der Waals surface area contributed by atoms with Gasteiger partial charge >= 0.3 is 0 Å². The first kappa shape index (κ1) is 16.4. The molecule has 3 fully saturated rings. The molecule has 0 bridgehead atoms. The van der Waals surface area contributed by atoms with Crippen molar-refractivity contribution in [3.8, 4) is 12.3 Å². The number of fused-ring (bicyclic) bond motifs is 5. The van der Waals surface area contributed by atoms with E-state index in [4.69, 9.17) is 6.42 Å². The summed E-state index contributed by atoms with van der Waals surface area (Å²) in [6.07, 6.45) is 16.8. The minimum absolute atomic E-state index is 0.183. The van der Waals surface area contributed by atoms with Gasteiger partial charge in [0.2, 0.25) is 0 Å². The summed E-state index contributed by atoms with van der Waals surface area (Å²) in [6.45, 7) is 6.37. The topological polar surface area (TPSA) is 40.5 Å². The molecule has 2 nitrogen and oxygen atoms in total. The molecule has 0 aliphatic heterocycles. The molecule has 3 saturated carbocycles. The smallest absolute Gasteiger partial charge is 0.130 e. The van der Waals surface area contributed by atoms with Gasteiger partial charge in [0.15, 0.2) is 0 Å². The van der Waals surface area contributed by atoms with Gasteiger partial charge < -0.3 is 10.2 Å². The maximum Gasteiger partial charge on any atom is 0.130 e. The molecule has 2 N–H and O–H groups in total. The highest BCUT2D eigenvalue weighted by atomic mass is 16.3. The van der Waals surface area contributed by atoms with Gasteiger partial charge in [0, 0.05) is 5.41 Å². The Hall–Kier alpha value is -1.04. The number of aliphatic hydroxyl groups excluding tert-OH is 1. The zero-order chi connectivity index (χ0) is 17.1. The second-order valence-corrected chi connectivity index (χ2v) is 8.94. The van der Waals surface area contributed by atoms with Crippen molar-refractivity contribution >= 4 is 0 Å². The van der Waals surface area contributed by atoms with Crippen molar-refractivity contribution in [1.82, 2.24) is 0 Å². The number of allylic oxidation sites excluding steroid dienone is 2. The van der Waals surface area contributed by atoms with Crippen LogP contribution in [0, 0.1) is 47.3 Å². The predicted octanol–water partition coefficient (Wildman–Crippen LogP) is 3.70. The highest BCUT2D eigenvalue weighted by molar-refractivity contribution is 5.27. The summed E-state index contributed by atoms with van der Waals surface area (Å²) < 4.78 is 0. The van der Waals surface area contributed by atoms with Crippen molar-refractivity contribution < 1.29 is 10.2 Å². The minimum atomic E-state index is -0.956. The molecule has 24 heavy (non-hydrogen) atoms. The quantitative estimate of drug-likeness (QED) is 0.570. The Morgan fingerprint density at radius 2 is 2.12 bits per heavy atom. The van der Waals surface area contributed by atoms with E-state index >= 15 is 0 Å². The van der Waals surface area contributed by atoms with Crippen LogP contribution in [-0.4, -0.2) is 21.9 Å². The SMILES string of the molecule is C#C[C@@]1(O)CC[C@H]2[C@@H]3CCC4=CC(O)CC[C@@H]4[C@H]3C(C=C)C[C@@]21C. The standard InChI is InChI=1S/C22H30O2/c1-4-14-13-21(3)19(10-11-22(21,24)5-2)18-8-6-15-12-16(23)7-9-17(15)20(14)18/h2,4,12,14,16-20,23-24H,1,6-11,13H2,3H3/t14?,16?,17-,18-,19-,20+,21-,22+/m0/s1. The van der Waals surface area contributed by atoms with Gasteiger partial charge in [-0.05, 0) is 74.5 Å². The fourth-order valence-electron chi connectivity index (χ4n) is 6.99. The van der Waals surface area contributed by atoms with Crippen molar-refractivity contribution in [1.29, 1.82) is 0 Å². The summed E-state index contributed by atoms with van der Waals surface area (Å²) in [6, 6.07) is 0. The molecule has 0 aromatic carbocycles. The second kappa shape index (κ2) is 5.48. The third-order valence-electron chi connectivity index (χ3n) is 8.17. The van der Waals surface area contributed by atoms with Gasteiger partial charge in [-0.1, -0.05) is 30.6 Å². The first-order valence-corrected chi connectivity index (χ1v) is 9.65. The van der Waals surface area contributed by atoms with Gasteiger partial charge in [0.1, 0.15) is 5.60 Å². The number of terminal acetylenes is 1. The Kier molecular flexibility index (Phi) is 3.75. The van der Waals surface area contributed by atoms with E-state index in [2.05, 4.69) is 31.6 Å². The zero-order valence-electron chi connectivity index (χ0n) is 14.7. The van der Waals surface area contributed by atoms with E-state index in [1.165, 1.54) is 12.0 Å². The zero-order valence-corrected chi connectivity index (χ0v) is 14.7. The molecule has 0 aromatic rings. The van der Waals surface area contributed by atoms with Crippen LogP contribution in [0.5, 0.6) is 0 Å². The van der Waals surface area contributed by atoms with Crippen LogP contribution in [0.1, 0.15) is 51.9 Å². The average molecular weight is 326 g/mol. The highest BCUT2D eigenvalue weighted by Crippen LogP contribution is 2.66. The molecular weight excluding hydrogens is 296 g/mol. The third kappa shape index (κ3) is 2.04. The first-order chi connectivity index (χ1) is 11.4. The summed E-state index contributed by atoms with van der Waals surface area (Å²) in [4.78, 5) is 0. The van der Waals surface area contributed by atoms with Crippen LogP contribution in [0.25, 0.3) is 0 Å². The van der Waals surface area contributed by atoms with Crippen LogP contribution in [0.3, 0.4) is 0 Å². The lowest BCUT2D eigenvalue weighted by Gasteiger charge is -2.57. The van der Waals surface area contributed by atoms with E-state index in [9.17, 15) is 10.2 Å². The lowest BCUT2D eigenvalue weighted by Crippen LogP contribution is -2.55. The Morgan fingerprint density at radius 1 is 1.33 bits per heavy atom. The van der Waals surface area contributed by atoms with Crippen LogP contribution >= 0.6 is 0 Å². The summed E-state index contributed by atoms with van der Waals surface area (Å²) >= 11 is 0. The molecule has 0 aromatic heterocycles. The van der Waals surface area contributed by atoms with Crippen molar-refractivity contribution in [2.45, 2.75) is 63.6 Å². The van der Waals surface area contributed by atoms with Gasteiger partial charge in [-0.3, -0.25) is 0 Å². The Morgan fingerprint density at radius 3 is 2.83 bits per heavy atom. The molecule has 8 atom stereocenters. The van der Waals surface area contributed by atoms with Crippen molar-refractivity contribution in [2.24, 2.45) is 35.0 Å². The fraction of sp³-hybridized carbons (Fsp3) is 0.727. The van der Waals surface area contributed by atoms with Crippen LogP contribution < -0.4 is 0 Å². The minimum Gasteiger partial charge on any atom is -0.389 e. The number of aliphatic hydroxyl groups is 2. The largest absolute Gasteiger partial charge is 0.389 e. The van der Waals surface area contributed by atoms with Gasteiger partial charge in [-0.25, -0.2) is 0 Å². The summed E-state index contributed by atoms with van der Waals surface area (Å²) in [5, 5.41) is 21.1. The van der Waals surface area contributed by atoms with E-state index in [-0.39, 0.29) is 11.5 Å². The number of rotatable bonds is 1. The summed E-state index contributed by atoms with van der Waals surface area (Å²) in [5.41, 5.74) is 0.343. The lowest BCUT2D eigenvalue weighted by molar-refractivity contribution is -0.103. The summed E-state index contributed by atoms with van der Waals surface area (Å²) in [7, 11) is 0. The maximum atomic E-state index is 11.1. The monoisotopic (exact) mass is 326 g/mol. The lowest BCUT2D eigenvalue weighted by atomic mass is 9.47. The molecule has 2 unspecified atom stereocenters. The van der Waals surface area contributed by atoms with E-state index in [1.54, 1.807) is 0 Å². The van der Waals surface area contributed by atoms with Crippen LogP contribution in [0.15, 0.2) is 24.3 Å². The van der Waals surface area contributed by atoms with Crippen LogP contribution in [-0.2, 0) is 0 Å². The molecular formula is C22H30O2. The molecule has 0 heterocycles. The van der Waals surface area contributed by atoms with Crippen LogP contribution in [0.2, 0.25) is 0 Å². The molecule has 0 spiro atoms. The summed E-state index contributed by atoms with van der Waals surface area (Å²) in [5.74, 6) is 5.54. The Bertz CT molecular complexity index is 614. The molecule has 4 rings (SSSR count). The molecule has 4 aliphatic carbocycles. The second-order valence-electron chi connectivity index (χ2n) is 8.94. The molecule has 0 saturated heterocycles. The average Bonchev–Trinajstić information content (AvgIpc) is 2.85. The maximum absolute atomic E-state index is 11.1. The number of hydrogen-bond acceptors (Lipinski definition) is 2. The van der Waals surface area contributed by atoms with Gasteiger partial charge in [-0.2, -0.15) is 0 Å². The van der Waals surface area contributed by atoms with E-state index < -0.39 is 5.60 Å². The Labute approximate surface area is 146 Å².